The Morgan fingerprint density at radius 2 is 2.21 bits per heavy atom. The van der Waals surface area contributed by atoms with Gasteiger partial charge in [-0.05, 0) is 24.1 Å². The third-order valence-electron chi connectivity index (χ3n) is 3.10. The molecule has 0 unspecified atom stereocenters. The van der Waals surface area contributed by atoms with Crippen LogP contribution in [0.5, 0.6) is 0 Å². The number of nitrogens with one attached hydrogen (secondary N) is 1. The van der Waals surface area contributed by atoms with E-state index in [9.17, 15) is 9.59 Å². The van der Waals surface area contributed by atoms with Crippen LogP contribution in [0.4, 0.5) is 0 Å². The number of unbranched alkanes of at least 4 members (excludes halogenated alkanes) is 1. The number of oxazole rings is 1. The van der Waals surface area contributed by atoms with Crippen molar-refractivity contribution >= 4 is 17.0 Å². The van der Waals surface area contributed by atoms with Crippen LogP contribution in [0.15, 0.2) is 27.4 Å². The summed E-state index contributed by atoms with van der Waals surface area (Å²) in [6, 6.07) is 5.47. The third-order valence-corrected chi connectivity index (χ3v) is 3.10. The fourth-order valence-electron chi connectivity index (χ4n) is 1.91. The Balaban J connectivity index is 2.07. The third kappa shape index (κ3) is 3.05. The van der Waals surface area contributed by atoms with Gasteiger partial charge in [-0.3, -0.25) is 9.36 Å². The number of benzene rings is 1. The molecule has 1 heterocycles. The lowest BCUT2D eigenvalue weighted by molar-refractivity contribution is -0.121. The van der Waals surface area contributed by atoms with Crippen LogP contribution in [0.25, 0.3) is 11.1 Å². The zero-order valence-corrected chi connectivity index (χ0v) is 11.2. The molecule has 5 nitrogen and oxygen atoms in total. The normalized spacial score (nSPS) is 10.8. The van der Waals surface area contributed by atoms with Crippen molar-refractivity contribution in [1.29, 1.82) is 0 Å². The minimum Gasteiger partial charge on any atom is -0.408 e. The number of carbonyl (C=O) groups is 1. The predicted octanol–water partition coefficient (Wildman–Crippen LogP) is 1.94. The second-order valence-corrected chi connectivity index (χ2v) is 4.61. The fraction of sp³-hybridized carbons (Fsp3) is 0.429. The van der Waals surface area contributed by atoms with Crippen LogP contribution in [0.1, 0.15) is 31.7 Å². The van der Waals surface area contributed by atoms with E-state index in [-0.39, 0.29) is 11.7 Å². The maximum absolute atomic E-state index is 11.5. The van der Waals surface area contributed by atoms with E-state index in [0.29, 0.717) is 18.5 Å². The van der Waals surface area contributed by atoms with E-state index in [0.717, 1.165) is 23.9 Å². The standard InChI is InChI=1S/C14H18N2O3/c1-3-4-5-13(17)15-9-10-6-7-12-11(8-10)16(2)14(18)19-12/h6-8H,3-5,9H2,1-2H3,(H,15,17). The van der Waals surface area contributed by atoms with E-state index >= 15 is 0 Å². The molecule has 19 heavy (non-hydrogen) atoms. The van der Waals surface area contributed by atoms with Crippen LogP contribution >= 0.6 is 0 Å². The number of nitrogens with zero attached hydrogens (tertiary/aromatic N) is 1. The summed E-state index contributed by atoms with van der Waals surface area (Å²) < 4.78 is 6.51. The molecule has 1 amide bonds. The Hall–Kier alpha value is -2.04. The summed E-state index contributed by atoms with van der Waals surface area (Å²) in [7, 11) is 1.66. The fourth-order valence-corrected chi connectivity index (χ4v) is 1.91. The molecule has 2 rings (SSSR count). The van der Waals surface area contributed by atoms with Gasteiger partial charge >= 0.3 is 5.76 Å². The summed E-state index contributed by atoms with van der Waals surface area (Å²) in [5.74, 6) is -0.317. The molecule has 0 atom stereocenters. The highest BCUT2D eigenvalue weighted by atomic mass is 16.4. The molecule has 0 aliphatic carbocycles. The van der Waals surface area contributed by atoms with Gasteiger partial charge in [-0.1, -0.05) is 19.4 Å². The summed E-state index contributed by atoms with van der Waals surface area (Å²) in [4.78, 5) is 22.9. The van der Waals surface area contributed by atoms with Gasteiger partial charge in [-0.15, -0.1) is 0 Å². The molecular weight excluding hydrogens is 244 g/mol. The molecule has 0 aliphatic rings. The molecule has 1 N–H and O–H groups in total. The molecule has 0 saturated carbocycles. The van der Waals surface area contributed by atoms with E-state index in [4.69, 9.17) is 4.42 Å². The minimum atomic E-state index is -0.376. The summed E-state index contributed by atoms with van der Waals surface area (Å²) in [6.07, 6.45) is 2.47. The van der Waals surface area contributed by atoms with Crippen LogP contribution in [0.3, 0.4) is 0 Å². The van der Waals surface area contributed by atoms with Gasteiger partial charge in [0.15, 0.2) is 5.58 Å². The van der Waals surface area contributed by atoms with Gasteiger partial charge in [0.2, 0.25) is 5.91 Å². The lowest BCUT2D eigenvalue weighted by Gasteiger charge is -2.05. The number of carbonyl (C=O) groups excluding carboxylic acids is 1. The Morgan fingerprint density at radius 3 is 2.95 bits per heavy atom. The topological polar surface area (TPSA) is 64.2 Å². The summed E-state index contributed by atoms with van der Waals surface area (Å²) >= 11 is 0. The van der Waals surface area contributed by atoms with Crippen molar-refractivity contribution in [2.45, 2.75) is 32.7 Å². The molecule has 102 valence electrons. The Bertz CT molecular complexity index is 640. The first-order valence-corrected chi connectivity index (χ1v) is 6.47. The van der Waals surface area contributed by atoms with Crippen LogP contribution < -0.4 is 11.1 Å². The first-order chi connectivity index (χ1) is 9.11. The van der Waals surface area contributed by atoms with Crippen molar-refractivity contribution in [3.63, 3.8) is 0 Å². The van der Waals surface area contributed by atoms with Crippen molar-refractivity contribution in [3.05, 3.63) is 34.3 Å². The SMILES string of the molecule is CCCCC(=O)NCc1ccc2oc(=O)n(C)c2c1. The van der Waals surface area contributed by atoms with Crippen LogP contribution in [-0.4, -0.2) is 10.5 Å². The lowest BCUT2D eigenvalue weighted by atomic mass is 10.2. The van der Waals surface area contributed by atoms with Crippen molar-refractivity contribution < 1.29 is 9.21 Å². The highest BCUT2D eigenvalue weighted by molar-refractivity contribution is 5.76. The molecule has 0 spiro atoms. The van der Waals surface area contributed by atoms with Crippen molar-refractivity contribution in [3.8, 4) is 0 Å². The molecule has 5 heteroatoms. The maximum Gasteiger partial charge on any atom is 0.419 e. The van der Waals surface area contributed by atoms with Crippen molar-refractivity contribution in [1.82, 2.24) is 9.88 Å². The molecule has 0 saturated heterocycles. The molecule has 2 aromatic rings. The number of aromatic nitrogens is 1. The van der Waals surface area contributed by atoms with Gasteiger partial charge in [0.1, 0.15) is 0 Å². The van der Waals surface area contributed by atoms with E-state index in [1.807, 2.05) is 12.1 Å². The number of rotatable bonds is 5. The number of hydrogen-bond acceptors (Lipinski definition) is 3. The molecule has 1 aromatic heterocycles. The zero-order chi connectivity index (χ0) is 13.8. The quantitative estimate of drug-likeness (QED) is 0.895. The smallest absolute Gasteiger partial charge is 0.408 e. The largest absolute Gasteiger partial charge is 0.419 e. The minimum absolute atomic E-state index is 0.0584. The lowest BCUT2D eigenvalue weighted by Crippen LogP contribution is -2.22. The molecule has 1 aromatic carbocycles. The number of aryl methyl sites for hydroxylation is 1. The van der Waals surface area contributed by atoms with Crippen molar-refractivity contribution in [2.75, 3.05) is 0 Å². The van der Waals surface area contributed by atoms with Gasteiger partial charge < -0.3 is 9.73 Å². The average molecular weight is 262 g/mol. The molecule has 0 bridgehead atoms. The number of amides is 1. The predicted molar refractivity (Wildman–Crippen MR) is 72.8 cm³/mol. The maximum atomic E-state index is 11.5. The second kappa shape index (κ2) is 5.73. The van der Waals surface area contributed by atoms with Crippen LogP contribution in [-0.2, 0) is 18.4 Å². The first-order valence-electron chi connectivity index (χ1n) is 6.47. The molecule has 0 fully saturated rings. The van der Waals surface area contributed by atoms with Gasteiger partial charge in [0.25, 0.3) is 0 Å². The molecular formula is C14H18N2O3. The van der Waals surface area contributed by atoms with Crippen molar-refractivity contribution in [2.24, 2.45) is 7.05 Å². The van der Waals surface area contributed by atoms with Crippen LogP contribution in [0, 0.1) is 0 Å². The Labute approximate surface area is 111 Å². The monoisotopic (exact) mass is 262 g/mol. The molecule has 0 aliphatic heterocycles. The number of fused-ring (bicyclic) bond motifs is 1. The molecule has 0 radical (unpaired) electrons. The summed E-state index contributed by atoms with van der Waals surface area (Å²) in [6.45, 7) is 2.53. The van der Waals surface area contributed by atoms with Gasteiger partial charge in [0, 0.05) is 20.0 Å². The average Bonchev–Trinajstić information content (AvgIpc) is 2.69. The number of hydrogen-bond donors (Lipinski definition) is 1. The Morgan fingerprint density at radius 1 is 1.42 bits per heavy atom. The highest BCUT2D eigenvalue weighted by Gasteiger charge is 2.07. The van der Waals surface area contributed by atoms with Gasteiger partial charge in [-0.25, -0.2) is 4.79 Å². The Kier molecular flexibility index (Phi) is 4.04. The zero-order valence-electron chi connectivity index (χ0n) is 11.2. The van der Waals surface area contributed by atoms with E-state index in [2.05, 4.69) is 12.2 Å². The van der Waals surface area contributed by atoms with E-state index in [1.165, 1.54) is 4.57 Å². The summed E-state index contributed by atoms with van der Waals surface area (Å²) in [5, 5.41) is 2.87. The van der Waals surface area contributed by atoms with Gasteiger partial charge in [-0.2, -0.15) is 0 Å². The second-order valence-electron chi connectivity index (χ2n) is 4.61. The summed E-state index contributed by atoms with van der Waals surface area (Å²) in [5.41, 5.74) is 2.26. The van der Waals surface area contributed by atoms with Crippen LogP contribution in [0.2, 0.25) is 0 Å². The first kappa shape index (κ1) is 13.4. The van der Waals surface area contributed by atoms with Gasteiger partial charge in [0.05, 0.1) is 5.52 Å². The van der Waals surface area contributed by atoms with E-state index < -0.39 is 0 Å². The highest BCUT2D eigenvalue weighted by Crippen LogP contribution is 2.14. The van der Waals surface area contributed by atoms with E-state index in [1.54, 1.807) is 13.1 Å².